The Morgan fingerprint density at radius 1 is 0.472 bits per heavy atom. The van der Waals surface area contributed by atoms with Crippen LogP contribution < -0.4 is 31.4 Å². The number of para-hydroxylation sites is 3. The third kappa shape index (κ3) is 18.3. The van der Waals surface area contributed by atoms with Crippen LogP contribution in [0.2, 0.25) is 0 Å². The van der Waals surface area contributed by atoms with Gasteiger partial charge < -0.3 is 60.7 Å². The lowest BCUT2D eigenvalue weighted by Gasteiger charge is -2.34. The molecule has 0 aliphatic carbocycles. The number of benzene rings is 6. The Morgan fingerprint density at radius 3 is 1.25 bits per heavy atom. The maximum Gasteiger partial charge on any atom is 0.410 e. The number of carbonyl (C=O) groups is 3. The quantitative estimate of drug-likeness (QED) is 0.0709. The number of fused-ring (bicyclic) bond motifs is 3. The van der Waals surface area contributed by atoms with E-state index >= 15 is 0 Å². The van der Waals surface area contributed by atoms with Crippen LogP contribution in [-0.2, 0) is 14.3 Å². The molecule has 12 aromatic rings. The van der Waals surface area contributed by atoms with E-state index in [2.05, 4.69) is 46.7 Å². The molecule has 3 aliphatic rings. The molecule has 3 aliphatic heterocycles. The number of nitrogen functional groups attached to an aromatic ring is 3. The van der Waals surface area contributed by atoms with Crippen molar-refractivity contribution in [3.63, 3.8) is 0 Å². The van der Waals surface area contributed by atoms with E-state index < -0.39 is 17.3 Å². The number of rotatable bonds is 12. The Morgan fingerprint density at radius 2 is 0.840 bits per heavy atom. The predicted octanol–water partition coefficient (Wildman–Crippen LogP) is 14.4. The zero-order chi connectivity index (χ0) is 74.5. The van der Waals surface area contributed by atoms with Gasteiger partial charge in [-0.3, -0.25) is 9.89 Å². The number of aliphatic hydroxyl groups is 1. The molecule has 8 N–H and O–H groups in total. The van der Waals surface area contributed by atoms with Crippen LogP contribution in [-0.4, -0.2) is 154 Å². The first kappa shape index (κ1) is 73.2. The molecule has 3 unspecified atom stereocenters. The van der Waals surface area contributed by atoms with Crippen molar-refractivity contribution in [2.24, 2.45) is 0 Å². The van der Waals surface area contributed by atoms with Gasteiger partial charge in [0.25, 0.3) is 0 Å². The number of hydrogen-bond donors (Lipinski definition) is 5. The van der Waals surface area contributed by atoms with Crippen molar-refractivity contribution in [2.45, 2.75) is 109 Å². The second kappa shape index (κ2) is 32.9. The van der Waals surface area contributed by atoms with Gasteiger partial charge >= 0.3 is 12.2 Å². The van der Waals surface area contributed by atoms with Gasteiger partial charge in [-0.1, -0.05) is 61.2 Å². The van der Waals surface area contributed by atoms with Crippen LogP contribution in [0.3, 0.4) is 0 Å². The van der Waals surface area contributed by atoms with Crippen molar-refractivity contribution >= 4 is 68.6 Å². The maximum absolute atomic E-state index is 12.7. The van der Waals surface area contributed by atoms with Crippen LogP contribution in [0.15, 0.2) is 195 Å². The molecule has 3 atom stereocenters. The van der Waals surface area contributed by atoms with Crippen molar-refractivity contribution in [3.8, 4) is 68.3 Å². The lowest BCUT2D eigenvalue weighted by atomic mass is 10.1. The summed E-state index contributed by atoms with van der Waals surface area (Å²) in [6.07, 6.45) is 9.73. The number of amides is 3. The number of aliphatic hydroxyl groups excluding tert-OH is 1. The van der Waals surface area contributed by atoms with Crippen molar-refractivity contribution in [2.75, 3.05) is 56.5 Å². The van der Waals surface area contributed by atoms with Gasteiger partial charge in [0, 0.05) is 56.0 Å². The third-order valence-corrected chi connectivity index (χ3v) is 17.4. The fraction of sp³-hybridized carbons (Fsp3) is 0.291. The summed E-state index contributed by atoms with van der Waals surface area (Å²) in [7, 11) is 0. The monoisotopic (exact) mass is 1430 g/mol. The van der Waals surface area contributed by atoms with E-state index in [0.29, 0.717) is 95.8 Å². The number of nitrogens with one attached hydrogen (secondary N) is 1. The molecule has 27 heteroatoms. The molecule has 0 radical (unpaired) electrons. The smallest absolute Gasteiger partial charge is 0.410 e. The Bertz CT molecular complexity index is 4970. The molecule has 546 valence electrons. The maximum atomic E-state index is 12.7. The first-order valence-electron chi connectivity index (χ1n) is 35.1. The number of aromatic amines is 1. The van der Waals surface area contributed by atoms with E-state index in [1.165, 1.54) is 25.1 Å². The minimum absolute atomic E-state index is 0.00566. The first-order valence-corrected chi connectivity index (χ1v) is 35.1. The van der Waals surface area contributed by atoms with Crippen LogP contribution in [0.4, 0.5) is 27.0 Å². The van der Waals surface area contributed by atoms with Gasteiger partial charge in [-0.15, -0.1) is 0 Å². The highest BCUT2D eigenvalue weighted by molar-refractivity contribution is 6.00. The molecule has 6 aromatic heterocycles. The van der Waals surface area contributed by atoms with Crippen LogP contribution in [0.1, 0.15) is 92.2 Å². The number of H-pyrrole nitrogens is 1. The van der Waals surface area contributed by atoms with E-state index in [4.69, 9.17) is 51.1 Å². The number of β-amino-alcohol motifs (C(OH)–C–C–N with tert-alkyl or cyclic N) is 1. The molecule has 0 spiro atoms. The summed E-state index contributed by atoms with van der Waals surface area (Å²) in [6.45, 7) is 18.2. The van der Waals surface area contributed by atoms with Crippen LogP contribution in [0.25, 0.3) is 66.9 Å². The number of hydrogen-bond acceptors (Lipinski definition) is 21. The highest BCUT2D eigenvalue weighted by atomic mass is 16.6. The number of nitrogens with zero attached hydrogens (tertiary/aromatic N) is 14. The summed E-state index contributed by atoms with van der Waals surface area (Å²) in [5.74, 6) is 5.62. The van der Waals surface area contributed by atoms with Crippen LogP contribution in [0.5, 0.6) is 34.5 Å². The van der Waals surface area contributed by atoms with Crippen molar-refractivity contribution in [1.29, 1.82) is 0 Å². The van der Waals surface area contributed by atoms with Gasteiger partial charge in [0.2, 0.25) is 5.91 Å². The van der Waals surface area contributed by atoms with Crippen molar-refractivity contribution < 1.29 is 43.2 Å². The summed E-state index contributed by atoms with van der Waals surface area (Å²) >= 11 is 0. The molecular formula is C79H86N18O9. The van der Waals surface area contributed by atoms with Gasteiger partial charge in [-0.2, -0.15) is 15.3 Å². The number of anilines is 3. The molecule has 9 heterocycles. The van der Waals surface area contributed by atoms with Crippen molar-refractivity contribution in [3.05, 3.63) is 195 Å². The highest BCUT2D eigenvalue weighted by Crippen LogP contribution is 2.38. The SMILES string of the molecule is C=CC(=O)N1CCCC(n2nc(-c3ccc(Oc4ccccc4)cc3)c3c(N)ncnc32)C1.CC(C)(C)OC(=O)N1CCCC(O)C1.CC(C)(C)OC(=O)N1CCCC(n2nc(-c3ccc(Oc4ccccc4)cc3)c3c(N)ncnc32)C1.Nc1ncnc2n[nH]c(-c3ccc(Oc4ccccc4)cc3)c12. The molecule has 3 saturated heterocycles. The van der Waals surface area contributed by atoms with E-state index in [1.54, 1.807) is 14.7 Å². The number of likely N-dealkylation sites (tertiary alicyclic amines) is 3. The number of carbonyl (C=O) groups excluding carboxylic acids is 3. The van der Waals surface area contributed by atoms with E-state index in [1.807, 2.05) is 215 Å². The fourth-order valence-electron chi connectivity index (χ4n) is 12.5. The molecule has 27 nitrogen and oxygen atoms in total. The zero-order valence-corrected chi connectivity index (χ0v) is 60.0. The molecule has 106 heavy (non-hydrogen) atoms. The Labute approximate surface area is 613 Å². The van der Waals surface area contributed by atoms with Gasteiger partial charge in [-0.05, 0) is 195 Å². The Hall–Kier alpha value is -12.5. The molecule has 15 rings (SSSR count). The zero-order valence-electron chi connectivity index (χ0n) is 60.0. The normalized spacial score (nSPS) is 15.9. The Balaban J connectivity index is 0.000000139. The second-order valence-corrected chi connectivity index (χ2v) is 27.6. The second-order valence-electron chi connectivity index (χ2n) is 27.6. The van der Waals surface area contributed by atoms with Crippen molar-refractivity contribution in [1.82, 2.24) is 74.4 Å². The summed E-state index contributed by atoms with van der Waals surface area (Å²) in [5.41, 5.74) is 24.3. The summed E-state index contributed by atoms with van der Waals surface area (Å²) in [5, 5.41) is 28.5. The highest BCUT2D eigenvalue weighted by Gasteiger charge is 2.33. The van der Waals surface area contributed by atoms with Crippen LogP contribution >= 0.6 is 0 Å². The average Bonchev–Trinajstić information content (AvgIpc) is 1.62. The molecule has 3 fully saturated rings. The minimum atomic E-state index is -0.548. The number of piperidine rings is 3. The van der Waals surface area contributed by atoms with Gasteiger partial charge in [0.1, 0.15) is 93.5 Å². The fourth-order valence-corrected chi connectivity index (χ4v) is 12.5. The van der Waals surface area contributed by atoms with Crippen LogP contribution in [0, 0.1) is 0 Å². The molecule has 0 bridgehead atoms. The molecular weight excluding hydrogens is 1340 g/mol. The summed E-state index contributed by atoms with van der Waals surface area (Å²) in [6, 6.07) is 51.9. The topological polar surface area (TPSA) is 347 Å². The first-order chi connectivity index (χ1) is 51.1. The number of aromatic nitrogens is 12. The minimum Gasteiger partial charge on any atom is -0.457 e. The van der Waals surface area contributed by atoms with Gasteiger partial charge in [0.05, 0.1) is 40.0 Å². The lowest BCUT2D eigenvalue weighted by molar-refractivity contribution is -0.127. The molecule has 6 aromatic carbocycles. The lowest BCUT2D eigenvalue weighted by Crippen LogP contribution is -2.44. The summed E-state index contributed by atoms with van der Waals surface area (Å²) < 4.78 is 32.2. The molecule has 0 saturated carbocycles. The number of nitrogens with two attached hydrogens (primary N) is 3. The third-order valence-electron chi connectivity index (χ3n) is 17.4. The van der Waals surface area contributed by atoms with E-state index in [-0.39, 0.29) is 30.2 Å². The number of ether oxygens (including phenoxy) is 5. The molecule has 3 amide bonds. The largest absolute Gasteiger partial charge is 0.457 e. The average molecular weight is 1430 g/mol. The van der Waals surface area contributed by atoms with Gasteiger partial charge in [0.15, 0.2) is 16.9 Å². The predicted molar refractivity (Wildman–Crippen MR) is 406 cm³/mol. The van der Waals surface area contributed by atoms with E-state index in [0.717, 1.165) is 101 Å². The standard InChI is InChI=1S/C27H30N6O3.C25H24N6O2.C17H13N5O.C10H19NO3/c1-27(2,3)36-26(34)32-15-7-8-19(16-32)33-25-22(24(28)29-17-30-25)23(31-33)18-11-13-21(14-12-18)35-20-9-5-4-6-10-20;1-2-21(32)30-14-6-7-18(15-30)31-25-22(24(26)27-16-28-25)23(29-31)17-10-12-20(13-11-17)33-19-8-4-3-5-9-19;18-16-14-15(21-22-17(14)20-10-19-16)11-6-8-13(9-7-11)23-12-4-2-1-3-5-12;1-10(2,3)14-9(13)11-6-4-5-8(12)7-11/h4-6,9-14,17,19H,7-8,15-16H2,1-3H3,(H2,28,29,30);2-5,8-13,16,18H,1,6-7,14-15H2,(H2,26,27,28);1-10H,(H3,18,19,20,21,22);8,12H,4-7H2,1-3H3. The Kier molecular flexibility index (Phi) is 22.7. The van der Waals surface area contributed by atoms with E-state index in [9.17, 15) is 19.5 Å². The van der Waals surface area contributed by atoms with Gasteiger partial charge in [-0.25, -0.2) is 48.9 Å². The summed E-state index contributed by atoms with van der Waals surface area (Å²) in [4.78, 5) is 67.1.